The van der Waals surface area contributed by atoms with Crippen LogP contribution in [-0.4, -0.2) is 55.4 Å². The van der Waals surface area contributed by atoms with Crippen LogP contribution in [-0.2, 0) is 6.42 Å². The smallest absolute Gasteiger partial charge is 0.194 e. The first kappa shape index (κ1) is 20.0. The summed E-state index contributed by atoms with van der Waals surface area (Å²) < 4.78 is 5.16. The van der Waals surface area contributed by atoms with Gasteiger partial charge in [-0.3, -0.25) is 4.99 Å². The summed E-state index contributed by atoms with van der Waals surface area (Å²) in [7, 11) is 1.68. The van der Waals surface area contributed by atoms with E-state index in [0.717, 1.165) is 50.6 Å². The number of benzene rings is 1. The fourth-order valence-corrected chi connectivity index (χ4v) is 2.62. The van der Waals surface area contributed by atoms with Gasteiger partial charge in [0.2, 0.25) is 0 Å². The molecular formula is C17H28IN3O2. The number of rotatable bonds is 6. The van der Waals surface area contributed by atoms with Gasteiger partial charge in [-0.15, -0.1) is 24.0 Å². The third-order valence-corrected chi connectivity index (χ3v) is 3.84. The molecule has 0 saturated carbocycles. The lowest BCUT2D eigenvalue weighted by molar-refractivity contribution is 0.188. The molecule has 0 unspecified atom stereocenters. The van der Waals surface area contributed by atoms with Crippen molar-refractivity contribution in [3.8, 4) is 5.75 Å². The summed E-state index contributed by atoms with van der Waals surface area (Å²) in [6.07, 6.45) is 2.63. The highest BCUT2D eigenvalue weighted by molar-refractivity contribution is 14.0. The number of nitrogens with zero attached hydrogens (tertiary/aromatic N) is 2. The highest BCUT2D eigenvalue weighted by atomic mass is 127. The molecule has 6 heteroatoms. The molecule has 1 saturated heterocycles. The van der Waals surface area contributed by atoms with Crippen LogP contribution < -0.4 is 10.1 Å². The summed E-state index contributed by atoms with van der Waals surface area (Å²) >= 11 is 0. The fraction of sp³-hybridized carbons (Fsp3) is 0.588. The molecule has 5 nitrogen and oxygen atoms in total. The Kier molecular flexibility index (Phi) is 9.31. The lowest BCUT2D eigenvalue weighted by atomic mass is 10.1. The number of hydrogen-bond donors (Lipinski definition) is 2. The van der Waals surface area contributed by atoms with Crippen LogP contribution in [0.2, 0.25) is 0 Å². The molecule has 2 N–H and O–H groups in total. The Morgan fingerprint density at radius 2 is 2.13 bits per heavy atom. The minimum Gasteiger partial charge on any atom is -0.497 e. The minimum absolute atomic E-state index is 0. The second-order valence-electron chi connectivity index (χ2n) is 5.58. The van der Waals surface area contributed by atoms with Crippen molar-refractivity contribution in [2.45, 2.75) is 32.3 Å². The standard InChI is InChI=1S/C17H27N3O2.HI/c1-3-18-17(20-12-10-15(21)13-20)19-11-4-5-14-6-8-16(22-2)9-7-14;/h6-9,15,21H,3-5,10-13H2,1-2H3,(H,18,19);1H/t15-;/m1./s1. The van der Waals surface area contributed by atoms with Crippen LogP contribution in [0.25, 0.3) is 0 Å². The van der Waals surface area contributed by atoms with Gasteiger partial charge in [0, 0.05) is 26.2 Å². The lowest BCUT2D eigenvalue weighted by Crippen LogP contribution is -2.40. The number of halogens is 1. The van der Waals surface area contributed by atoms with E-state index in [-0.39, 0.29) is 30.1 Å². The molecule has 1 aromatic rings. The molecule has 0 bridgehead atoms. The molecule has 0 amide bonds. The van der Waals surface area contributed by atoms with E-state index in [2.05, 4.69) is 34.3 Å². The maximum absolute atomic E-state index is 9.65. The minimum atomic E-state index is -0.219. The Bertz CT molecular complexity index is 479. The molecule has 0 aromatic heterocycles. The quantitative estimate of drug-likeness (QED) is 0.313. The van der Waals surface area contributed by atoms with Crippen molar-refractivity contribution in [2.24, 2.45) is 4.99 Å². The van der Waals surface area contributed by atoms with E-state index < -0.39 is 0 Å². The largest absolute Gasteiger partial charge is 0.497 e. The zero-order valence-corrected chi connectivity index (χ0v) is 16.3. The Balaban J connectivity index is 0.00000264. The van der Waals surface area contributed by atoms with Gasteiger partial charge in [-0.1, -0.05) is 12.1 Å². The molecule has 1 aromatic carbocycles. The van der Waals surface area contributed by atoms with Gasteiger partial charge in [0.25, 0.3) is 0 Å². The Labute approximate surface area is 156 Å². The molecule has 1 atom stereocenters. The molecule has 1 aliphatic heterocycles. The van der Waals surface area contributed by atoms with E-state index in [1.54, 1.807) is 7.11 Å². The lowest BCUT2D eigenvalue weighted by Gasteiger charge is -2.20. The molecule has 0 radical (unpaired) electrons. The van der Waals surface area contributed by atoms with Gasteiger partial charge in [-0.2, -0.15) is 0 Å². The SMILES string of the molecule is CCNC(=NCCCc1ccc(OC)cc1)N1CC[C@@H](O)C1.I. The summed E-state index contributed by atoms with van der Waals surface area (Å²) in [5.74, 6) is 1.82. The number of ether oxygens (including phenoxy) is 1. The maximum atomic E-state index is 9.65. The molecule has 0 spiro atoms. The van der Waals surface area contributed by atoms with Crippen molar-refractivity contribution in [1.82, 2.24) is 10.2 Å². The van der Waals surface area contributed by atoms with E-state index >= 15 is 0 Å². The summed E-state index contributed by atoms with van der Waals surface area (Å²) in [4.78, 5) is 6.81. The highest BCUT2D eigenvalue weighted by Gasteiger charge is 2.22. The van der Waals surface area contributed by atoms with Gasteiger partial charge in [-0.05, 0) is 43.9 Å². The molecule has 1 aliphatic rings. The average Bonchev–Trinajstić information content (AvgIpc) is 2.97. The number of β-amino-alcohol motifs (C(OH)–C–C–N with tert-alkyl or cyclic N) is 1. The van der Waals surface area contributed by atoms with Crippen LogP contribution in [0.3, 0.4) is 0 Å². The summed E-state index contributed by atoms with van der Waals surface area (Å²) in [5, 5.41) is 13.0. The number of aliphatic hydroxyl groups is 1. The van der Waals surface area contributed by atoms with Crippen LogP contribution in [0.1, 0.15) is 25.3 Å². The van der Waals surface area contributed by atoms with E-state index in [4.69, 9.17) is 4.74 Å². The number of methoxy groups -OCH3 is 1. The molecule has 0 aliphatic carbocycles. The molecular weight excluding hydrogens is 405 g/mol. The number of guanidine groups is 1. The number of hydrogen-bond acceptors (Lipinski definition) is 3. The first-order valence-corrected chi connectivity index (χ1v) is 8.07. The molecule has 2 rings (SSSR count). The van der Waals surface area contributed by atoms with Gasteiger partial charge in [0.05, 0.1) is 13.2 Å². The maximum Gasteiger partial charge on any atom is 0.194 e. The van der Waals surface area contributed by atoms with E-state index in [0.29, 0.717) is 6.54 Å². The molecule has 1 fully saturated rings. The summed E-state index contributed by atoms with van der Waals surface area (Å²) in [6, 6.07) is 8.19. The van der Waals surface area contributed by atoms with Gasteiger partial charge in [-0.25, -0.2) is 0 Å². The fourth-order valence-electron chi connectivity index (χ4n) is 2.62. The van der Waals surface area contributed by atoms with Crippen molar-refractivity contribution in [2.75, 3.05) is 33.3 Å². The highest BCUT2D eigenvalue weighted by Crippen LogP contribution is 2.13. The van der Waals surface area contributed by atoms with Gasteiger partial charge in [0.15, 0.2) is 5.96 Å². The van der Waals surface area contributed by atoms with E-state index in [9.17, 15) is 5.11 Å². The molecule has 1 heterocycles. The first-order chi connectivity index (χ1) is 10.7. The number of aliphatic hydroxyl groups excluding tert-OH is 1. The Morgan fingerprint density at radius 3 is 2.70 bits per heavy atom. The van der Waals surface area contributed by atoms with Crippen LogP contribution in [0.4, 0.5) is 0 Å². The number of aliphatic imine (C=N–C) groups is 1. The Hall–Kier alpha value is -1.02. The average molecular weight is 433 g/mol. The Morgan fingerprint density at radius 1 is 1.39 bits per heavy atom. The van der Waals surface area contributed by atoms with Crippen LogP contribution in [0, 0.1) is 0 Å². The van der Waals surface area contributed by atoms with Crippen LogP contribution in [0.15, 0.2) is 29.3 Å². The predicted octanol–water partition coefficient (Wildman–Crippen LogP) is 2.28. The molecule has 130 valence electrons. The van der Waals surface area contributed by atoms with E-state index in [1.807, 2.05) is 12.1 Å². The number of nitrogens with one attached hydrogen (secondary N) is 1. The van der Waals surface area contributed by atoms with Gasteiger partial charge < -0.3 is 20.1 Å². The topological polar surface area (TPSA) is 57.1 Å². The second kappa shape index (κ2) is 10.7. The first-order valence-electron chi connectivity index (χ1n) is 8.07. The second-order valence-corrected chi connectivity index (χ2v) is 5.58. The predicted molar refractivity (Wildman–Crippen MR) is 105 cm³/mol. The monoisotopic (exact) mass is 433 g/mol. The van der Waals surface area contributed by atoms with Gasteiger partial charge in [0.1, 0.15) is 5.75 Å². The summed E-state index contributed by atoms with van der Waals surface area (Å²) in [5.41, 5.74) is 1.30. The zero-order chi connectivity index (χ0) is 15.8. The van der Waals surface area contributed by atoms with Crippen LogP contribution >= 0.6 is 24.0 Å². The van der Waals surface area contributed by atoms with Crippen molar-refractivity contribution in [1.29, 1.82) is 0 Å². The molecule has 23 heavy (non-hydrogen) atoms. The number of likely N-dealkylation sites (tertiary alicyclic amines) is 1. The van der Waals surface area contributed by atoms with Crippen molar-refractivity contribution < 1.29 is 9.84 Å². The van der Waals surface area contributed by atoms with Crippen molar-refractivity contribution >= 4 is 29.9 Å². The van der Waals surface area contributed by atoms with E-state index in [1.165, 1.54) is 5.56 Å². The van der Waals surface area contributed by atoms with Crippen LogP contribution in [0.5, 0.6) is 5.75 Å². The third kappa shape index (κ3) is 6.55. The van der Waals surface area contributed by atoms with Crippen molar-refractivity contribution in [3.05, 3.63) is 29.8 Å². The number of aryl methyl sites for hydroxylation is 1. The summed E-state index contributed by atoms with van der Waals surface area (Å²) in [6.45, 7) is 5.28. The van der Waals surface area contributed by atoms with Crippen molar-refractivity contribution in [3.63, 3.8) is 0 Å². The zero-order valence-electron chi connectivity index (χ0n) is 14.0. The third-order valence-electron chi connectivity index (χ3n) is 3.84. The normalized spacial score (nSPS) is 17.8. The van der Waals surface area contributed by atoms with Gasteiger partial charge >= 0.3 is 0 Å².